The van der Waals surface area contributed by atoms with Crippen LogP contribution in [-0.4, -0.2) is 54.5 Å². The Hall–Kier alpha value is -1.26. The molecule has 0 spiro atoms. The molecule has 0 aromatic heterocycles. The van der Waals surface area contributed by atoms with Crippen LogP contribution in [0.25, 0.3) is 10.4 Å². The van der Waals surface area contributed by atoms with Crippen LogP contribution in [0.15, 0.2) is 5.11 Å². The van der Waals surface area contributed by atoms with E-state index in [2.05, 4.69) is 14.9 Å². The van der Waals surface area contributed by atoms with Crippen molar-refractivity contribution in [2.24, 2.45) is 17.0 Å². The zero-order valence-electron chi connectivity index (χ0n) is 13.4. The topological polar surface area (TPSA) is 72.3 Å². The average molecular weight is 305 g/mol. The Morgan fingerprint density at radius 3 is 2.73 bits per heavy atom. The summed E-state index contributed by atoms with van der Waals surface area (Å²) in [5, 5.41) is 3.63. The molecule has 1 saturated carbocycles. The van der Waals surface area contributed by atoms with Crippen LogP contribution in [0.1, 0.15) is 44.9 Å². The van der Waals surface area contributed by atoms with Gasteiger partial charge in [-0.3, -0.25) is 4.79 Å². The minimum atomic E-state index is 0.220. The highest BCUT2D eigenvalue weighted by atomic mass is 16.2. The number of rotatable bonds is 5. The van der Waals surface area contributed by atoms with Gasteiger partial charge >= 0.3 is 0 Å². The second-order valence-electron chi connectivity index (χ2n) is 7.22. The molecule has 3 aliphatic rings. The van der Waals surface area contributed by atoms with E-state index < -0.39 is 0 Å². The summed E-state index contributed by atoms with van der Waals surface area (Å²) in [6, 6.07) is 0.801. The van der Waals surface area contributed by atoms with Gasteiger partial charge < -0.3 is 9.80 Å². The van der Waals surface area contributed by atoms with Crippen molar-refractivity contribution in [3.05, 3.63) is 10.4 Å². The van der Waals surface area contributed by atoms with Crippen LogP contribution in [0.5, 0.6) is 0 Å². The summed E-state index contributed by atoms with van der Waals surface area (Å²) in [5.74, 6) is 1.09. The predicted octanol–water partition coefficient (Wildman–Crippen LogP) is 2.80. The van der Waals surface area contributed by atoms with Crippen molar-refractivity contribution in [2.45, 2.75) is 51.0 Å². The Kier molecular flexibility index (Phi) is 5.21. The molecule has 3 fully saturated rings. The number of carbonyl (C=O) groups excluding carboxylic acids is 1. The first-order valence-electron chi connectivity index (χ1n) is 8.79. The fourth-order valence-corrected chi connectivity index (χ4v) is 4.46. The smallest absolute Gasteiger partial charge is 0.222 e. The summed E-state index contributed by atoms with van der Waals surface area (Å²) in [6.45, 7) is 4.54. The van der Waals surface area contributed by atoms with Crippen molar-refractivity contribution in [1.82, 2.24) is 9.80 Å². The van der Waals surface area contributed by atoms with Crippen molar-refractivity contribution < 1.29 is 4.79 Å². The lowest BCUT2D eigenvalue weighted by molar-refractivity contribution is -0.128. The third-order valence-electron chi connectivity index (χ3n) is 5.57. The number of azide groups is 1. The molecule has 2 aliphatic heterocycles. The SMILES string of the molecule is [N-]=[N+]=NCC1CC(=O)N(CC2CCCN(C3CCCC3)C2)C1. The van der Waals surface area contributed by atoms with Crippen molar-refractivity contribution >= 4 is 5.91 Å². The molecule has 6 nitrogen and oxygen atoms in total. The van der Waals surface area contributed by atoms with Crippen molar-refractivity contribution in [3.8, 4) is 0 Å². The van der Waals surface area contributed by atoms with E-state index in [1.807, 2.05) is 4.90 Å². The largest absolute Gasteiger partial charge is 0.342 e. The van der Waals surface area contributed by atoms with Crippen molar-refractivity contribution in [1.29, 1.82) is 0 Å². The van der Waals surface area contributed by atoms with Crippen LogP contribution in [0.3, 0.4) is 0 Å². The number of nitrogens with zero attached hydrogens (tertiary/aromatic N) is 5. The Morgan fingerprint density at radius 2 is 1.95 bits per heavy atom. The quantitative estimate of drug-likeness (QED) is 0.445. The number of carbonyl (C=O) groups is 1. The molecular formula is C16H27N5O. The van der Waals surface area contributed by atoms with Gasteiger partial charge in [0.2, 0.25) is 5.91 Å². The van der Waals surface area contributed by atoms with Crippen LogP contribution < -0.4 is 0 Å². The Bertz CT molecular complexity index is 442. The van der Waals surface area contributed by atoms with Crippen molar-refractivity contribution in [2.75, 3.05) is 32.7 Å². The molecule has 6 heteroatoms. The molecule has 2 saturated heterocycles. The Balaban J connectivity index is 1.49. The average Bonchev–Trinajstić information content (AvgIpc) is 3.16. The maximum Gasteiger partial charge on any atom is 0.222 e. The van der Waals surface area contributed by atoms with Gasteiger partial charge in [0.25, 0.3) is 0 Å². The lowest BCUT2D eigenvalue weighted by atomic mass is 9.95. The van der Waals surface area contributed by atoms with Crippen LogP contribution in [0.2, 0.25) is 0 Å². The molecule has 22 heavy (non-hydrogen) atoms. The monoisotopic (exact) mass is 305 g/mol. The summed E-state index contributed by atoms with van der Waals surface area (Å²) in [5.41, 5.74) is 8.41. The molecular weight excluding hydrogens is 278 g/mol. The van der Waals surface area contributed by atoms with Crippen LogP contribution in [0, 0.1) is 11.8 Å². The van der Waals surface area contributed by atoms with Gasteiger partial charge in [-0.25, -0.2) is 0 Å². The molecule has 122 valence electrons. The van der Waals surface area contributed by atoms with Gasteiger partial charge in [-0.15, -0.1) is 0 Å². The second-order valence-corrected chi connectivity index (χ2v) is 7.22. The Labute approximate surface area is 132 Å². The number of hydrogen-bond donors (Lipinski definition) is 0. The standard InChI is InChI=1S/C16H27N5O/c17-19-18-9-14-8-16(22)21(12-14)11-13-4-3-7-20(10-13)15-5-1-2-6-15/h13-15H,1-12H2. The molecule has 0 aromatic carbocycles. The molecule has 3 rings (SSSR count). The van der Waals surface area contributed by atoms with E-state index in [1.54, 1.807) is 0 Å². The van der Waals surface area contributed by atoms with Gasteiger partial charge in [-0.2, -0.15) is 0 Å². The van der Waals surface area contributed by atoms with E-state index >= 15 is 0 Å². The number of amides is 1. The summed E-state index contributed by atoms with van der Waals surface area (Å²) in [7, 11) is 0. The molecule has 0 aromatic rings. The Morgan fingerprint density at radius 1 is 1.14 bits per heavy atom. The third kappa shape index (κ3) is 3.73. The van der Waals surface area contributed by atoms with Gasteiger partial charge in [-0.1, -0.05) is 18.0 Å². The first-order chi connectivity index (χ1) is 10.8. The molecule has 2 unspecified atom stereocenters. The number of piperidine rings is 1. The number of hydrogen-bond acceptors (Lipinski definition) is 3. The van der Waals surface area contributed by atoms with E-state index in [-0.39, 0.29) is 11.8 Å². The predicted molar refractivity (Wildman–Crippen MR) is 85.3 cm³/mol. The molecule has 1 amide bonds. The van der Waals surface area contributed by atoms with Gasteiger partial charge in [0.15, 0.2) is 0 Å². The third-order valence-corrected chi connectivity index (χ3v) is 5.57. The lowest BCUT2D eigenvalue weighted by Crippen LogP contribution is -2.45. The normalized spacial score (nSPS) is 30.7. The molecule has 0 N–H and O–H groups in total. The minimum absolute atomic E-state index is 0.220. The maximum atomic E-state index is 12.1. The highest BCUT2D eigenvalue weighted by Crippen LogP contribution is 2.29. The number of likely N-dealkylation sites (tertiary alicyclic amines) is 2. The second kappa shape index (κ2) is 7.34. The van der Waals surface area contributed by atoms with E-state index in [4.69, 9.17) is 5.53 Å². The van der Waals surface area contributed by atoms with E-state index in [0.717, 1.165) is 25.7 Å². The van der Waals surface area contributed by atoms with E-state index in [0.29, 0.717) is 18.9 Å². The fourth-order valence-electron chi connectivity index (χ4n) is 4.46. The van der Waals surface area contributed by atoms with E-state index in [9.17, 15) is 4.79 Å². The highest BCUT2D eigenvalue weighted by Gasteiger charge is 2.33. The van der Waals surface area contributed by atoms with Gasteiger partial charge in [0, 0.05) is 43.6 Å². The molecule has 2 atom stereocenters. The van der Waals surface area contributed by atoms with Gasteiger partial charge in [-0.05, 0) is 49.6 Å². The summed E-state index contributed by atoms with van der Waals surface area (Å²) in [4.78, 5) is 19.6. The minimum Gasteiger partial charge on any atom is -0.342 e. The van der Waals surface area contributed by atoms with E-state index in [1.165, 1.54) is 45.1 Å². The molecule has 0 radical (unpaired) electrons. The first-order valence-corrected chi connectivity index (χ1v) is 8.79. The molecule has 0 bridgehead atoms. The van der Waals surface area contributed by atoms with Gasteiger partial charge in [0.1, 0.15) is 0 Å². The van der Waals surface area contributed by atoms with Crippen LogP contribution in [-0.2, 0) is 4.79 Å². The van der Waals surface area contributed by atoms with Crippen molar-refractivity contribution in [3.63, 3.8) is 0 Å². The lowest BCUT2D eigenvalue weighted by Gasteiger charge is -2.38. The van der Waals surface area contributed by atoms with Gasteiger partial charge in [0.05, 0.1) is 0 Å². The fraction of sp³-hybridized carbons (Fsp3) is 0.938. The molecule has 2 heterocycles. The summed E-state index contributed by atoms with van der Waals surface area (Å²) < 4.78 is 0. The summed E-state index contributed by atoms with van der Waals surface area (Å²) >= 11 is 0. The van der Waals surface area contributed by atoms with Crippen LogP contribution in [0.4, 0.5) is 0 Å². The molecule has 1 aliphatic carbocycles. The van der Waals surface area contributed by atoms with Crippen LogP contribution >= 0.6 is 0 Å². The maximum absolute atomic E-state index is 12.1. The highest BCUT2D eigenvalue weighted by molar-refractivity contribution is 5.78. The first kappa shape index (κ1) is 15.6. The zero-order chi connectivity index (χ0) is 15.4. The zero-order valence-corrected chi connectivity index (χ0v) is 13.4. The summed E-state index contributed by atoms with van der Waals surface area (Å²) in [6.07, 6.45) is 8.57.